The fourth-order valence-corrected chi connectivity index (χ4v) is 3.89. The molecule has 0 aliphatic carbocycles. The van der Waals surface area contributed by atoms with Gasteiger partial charge < -0.3 is 0 Å². The van der Waals surface area contributed by atoms with E-state index in [1.165, 1.54) is 33.7 Å². The Bertz CT molecular complexity index is 990. The van der Waals surface area contributed by atoms with Crippen molar-refractivity contribution in [1.29, 1.82) is 0 Å². The van der Waals surface area contributed by atoms with Crippen molar-refractivity contribution in [3.8, 4) is 11.1 Å². The molecule has 3 aromatic rings. The van der Waals surface area contributed by atoms with Gasteiger partial charge in [0, 0.05) is 17.7 Å². The normalized spacial score (nSPS) is 15.5. The Labute approximate surface area is 156 Å². The van der Waals surface area contributed by atoms with E-state index in [0.29, 0.717) is 0 Å². The first kappa shape index (κ1) is 16.5. The van der Waals surface area contributed by atoms with Gasteiger partial charge in [-0.15, -0.1) is 0 Å². The van der Waals surface area contributed by atoms with Crippen LogP contribution in [-0.2, 0) is 5.41 Å². The fourth-order valence-electron chi connectivity index (χ4n) is 3.89. The third-order valence-corrected chi connectivity index (χ3v) is 5.39. The average Bonchev–Trinajstić information content (AvgIpc) is 2.88. The predicted octanol–water partition coefficient (Wildman–Crippen LogP) is 6.07. The summed E-state index contributed by atoms with van der Waals surface area (Å²) >= 11 is 0. The lowest BCUT2D eigenvalue weighted by Crippen LogP contribution is -2.26. The number of rotatable bonds is 3. The van der Waals surface area contributed by atoms with Gasteiger partial charge in [0.1, 0.15) is 7.05 Å². The molecule has 1 aliphatic heterocycles. The topological polar surface area (TPSA) is 3.01 Å². The molecule has 0 saturated heterocycles. The zero-order valence-corrected chi connectivity index (χ0v) is 15.6. The first-order valence-electron chi connectivity index (χ1n) is 9.11. The standard InChI is InChI=1S/C25H24N/c1-25(2)22-11-7-8-12-23(22)26(3)24(25)18-15-19-13-16-21(17-14-19)20-9-5-4-6-10-20/h4-18H,1-3H3/q+1/b18-15+. The zero-order chi connectivity index (χ0) is 18.1. The highest BCUT2D eigenvalue weighted by Crippen LogP contribution is 2.39. The second-order valence-electron chi connectivity index (χ2n) is 7.41. The van der Waals surface area contributed by atoms with Crippen LogP contribution < -0.4 is 0 Å². The molecular weight excluding hydrogens is 314 g/mol. The molecule has 0 bridgehead atoms. The molecule has 1 heteroatoms. The number of allylic oxidation sites excluding steroid dienone is 1. The number of hydrogen-bond donors (Lipinski definition) is 0. The number of para-hydroxylation sites is 1. The monoisotopic (exact) mass is 338 g/mol. The minimum atomic E-state index is 0.0197. The highest BCUT2D eigenvalue weighted by molar-refractivity contribution is 6.05. The van der Waals surface area contributed by atoms with Crippen LogP contribution in [0.1, 0.15) is 25.0 Å². The first-order chi connectivity index (χ1) is 12.6. The van der Waals surface area contributed by atoms with Crippen molar-refractivity contribution in [3.63, 3.8) is 0 Å². The lowest BCUT2D eigenvalue weighted by Gasteiger charge is -2.15. The molecule has 128 valence electrons. The number of nitrogens with zero attached hydrogens (tertiary/aromatic N) is 1. The maximum atomic E-state index is 2.31. The molecule has 0 saturated carbocycles. The fraction of sp³-hybridized carbons (Fsp3) is 0.160. The van der Waals surface area contributed by atoms with Crippen molar-refractivity contribution in [2.24, 2.45) is 0 Å². The summed E-state index contributed by atoms with van der Waals surface area (Å²) in [5, 5.41) is 0. The molecule has 0 amide bonds. The molecule has 4 rings (SSSR count). The van der Waals surface area contributed by atoms with E-state index in [1.54, 1.807) is 0 Å². The largest absolute Gasteiger partial charge is 0.209 e. The SMILES string of the molecule is C[N+]1=C(/C=C/c2ccc(-c3ccccc3)cc2)C(C)(C)c2ccccc21. The van der Waals surface area contributed by atoms with Gasteiger partial charge in [-0.25, -0.2) is 0 Å². The smallest absolute Gasteiger partial charge is 0.198 e. The van der Waals surface area contributed by atoms with Crippen LogP contribution in [0, 0.1) is 0 Å². The maximum Gasteiger partial charge on any atom is 0.209 e. The number of fused-ring (bicyclic) bond motifs is 1. The predicted molar refractivity (Wildman–Crippen MR) is 111 cm³/mol. The minimum Gasteiger partial charge on any atom is -0.198 e. The van der Waals surface area contributed by atoms with E-state index in [4.69, 9.17) is 0 Å². The van der Waals surface area contributed by atoms with Crippen LogP contribution in [0.4, 0.5) is 5.69 Å². The summed E-state index contributed by atoms with van der Waals surface area (Å²) in [6.07, 6.45) is 4.48. The third-order valence-electron chi connectivity index (χ3n) is 5.39. The van der Waals surface area contributed by atoms with Gasteiger partial charge >= 0.3 is 0 Å². The molecule has 1 heterocycles. The summed E-state index contributed by atoms with van der Waals surface area (Å²) in [5.74, 6) is 0. The zero-order valence-electron chi connectivity index (χ0n) is 15.6. The van der Waals surface area contributed by atoms with E-state index in [9.17, 15) is 0 Å². The van der Waals surface area contributed by atoms with Crippen LogP contribution in [0.25, 0.3) is 17.2 Å². The lowest BCUT2D eigenvalue weighted by molar-refractivity contribution is -0.401. The summed E-state index contributed by atoms with van der Waals surface area (Å²) in [6.45, 7) is 4.60. The number of hydrogen-bond acceptors (Lipinski definition) is 0. The van der Waals surface area contributed by atoms with Gasteiger partial charge in [0.15, 0.2) is 5.71 Å². The van der Waals surface area contributed by atoms with E-state index in [-0.39, 0.29) is 5.41 Å². The van der Waals surface area contributed by atoms with Crippen LogP contribution >= 0.6 is 0 Å². The maximum absolute atomic E-state index is 2.31. The Balaban J connectivity index is 1.62. The van der Waals surface area contributed by atoms with Crippen LogP contribution in [0.2, 0.25) is 0 Å². The van der Waals surface area contributed by atoms with Crippen LogP contribution in [-0.4, -0.2) is 17.3 Å². The van der Waals surface area contributed by atoms with Crippen molar-refractivity contribution in [1.82, 2.24) is 0 Å². The van der Waals surface area contributed by atoms with Crippen molar-refractivity contribution < 1.29 is 4.58 Å². The molecule has 0 aromatic heterocycles. The highest BCUT2D eigenvalue weighted by Gasteiger charge is 2.42. The van der Waals surface area contributed by atoms with Crippen molar-refractivity contribution >= 4 is 17.5 Å². The summed E-state index contributed by atoms with van der Waals surface area (Å²) < 4.78 is 2.31. The molecule has 0 radical (unpaired) electrons. The summed E-state index contributed by atoms with van der Waals surface area (Å²) in [4.78, 5) is 0. The van der Waals surface area contributed by atoms with Gasteiger partial charge in [-0.2, -0.15) is 4.58 Å². The summed E-state index contributed by atoms with van der Waals surface area (Å²) in [7, 11) is 2.16. The van der Waals surface area contributed by atoms with E-state index >= 15 is 0 Å². The molecule has 3 aromatic carbocycles. The van der Waals surface area contributed by atoms with E-state index in [0.717, 1.165) is 0 Å². The summed E-state index contributed by atoms with van der Waals surface area (Å²) in [6, 6.07) is 27.9. The van der Waals surface area contributed by atoms with Gasteiger partial charge in [-0.05, 0) is 36.6 Å². The molecule has 0 spiro atoms. The quantitative estimate of drug-likeness (QED) is 0.510. The molecule has 1 aliphatic rings. The summed E-state index contributed by atoms with van der Waals surface area (Å²) in [5.41, 5.74) is 7.76. The molecule has 26 heavy (non-hydrogen) atoms. The van der Waals surface area contributed by atoms with Gasteiger partial charge in [0.2, 0.25) is 5.69 Å². The second-order valence-corrected chi connectivity index (χ2v) is 7.41. The van der Waals surface area contributed by atoms with E-state index in [2.05, 4.69) is 116 Å². The van der Waals surface area contributed by atoms with Crippen molar-refractivity contribution in [3.05, 3.63) is 96.1 Å². The lowest BCUT2D eigenvalue weighted by atomic mass is 9.81. The molecule has 1 nitrogen and oxygen atoms in total. The Hall–Kier alpha value is -2.93. The second kappa shape index (κ2) is 6.42. The van der Waals surface area contributed by atoms with Gasteiger partial charge in [0.05, 0.1) is 5.41 Å². The van der Waals surface area contributed by atoms with Crippen LogP contribution in [0.3, 0.4) is 0 Å². The average molecular weight is 338 g/mol. The highest BCUT2D eigenvalue weighted by atomic mass is 15.0. The number of benzene rings is 3. The molecule has 0 atom stereocenters. The molecular formula is C25H24N+. The van der Waals surface area contributed by atoms with Crippen molar-refractivity contribution in [2.75, 3.05) is 7.05 Å². The minimum absolute atomic E-state index is 0.0197. The first-order valence-corrected chi connectivity index (χ1v) is 9.11. The molecule has 0 N–H and O–H groups in total. The van der Waals surface area contributed by atoms with Gasteiger partial charge in [0.25, 0.3) is 0 Å². The molecule has 0 unspecified atom stereocenters. The Morgan fingerprint density at radius 1 is 0.692 bits per heavy atom. The van der Waals surface area contributed by atoms with Crippen molar-refractivity contribution in [2.45, 2.75) is 19.3 Å². The third kappa shape index (κ3) is 2.80. The Morgan fingerprint density at radius 3 is 2.00 bits per heavy atom. The van der Waals surface area contributed by atoms with Gasteiger partial charge in [-0.3, -0.25) is 0 Å². The van der Waals surface area contributed by atoms with Crippen LogP contribution in [0.15, 0.2) is 84.9 Å². The van der Waals surface area contributed by atoms with E-state index in [1.807, 2.05) is 0 Å². The van der Waals surface area contributed by atoms with E-state index < -0.39 is 0 Å². The molecule has 0 fully saturated rings. The van der Waals surface area contributed by atoms with Gasteiger partial charge in [-0.1, -0.05) is 72.8 Å². The van der Waals surface area contributed by atoms with Crippen LogP contribution in [0.5, 0.6) is 0 Å². The Morgan fingerprint density at radius 2 is 1.31 bits per heavy atom. The Kier molecular flexibility index (Phi) is 4.08.